The fourth-order valence-corrected chi connectivity index (χ4v) is 5.79. The number of amides is 1. The van der Waals surface area contributed by atoms with Gasteiger partial charge in [0.25, 0.3) is 0 Å². The molecule has 1 fully saturated rings. The van der Waals surface area contributed by atoms with Gasteiger partial charge in [-0.1, -0.05) is 26.7 Å². The van der Waals surface area contributed by atoms with Crippen molar-refractivity contribution in [3.05, 3.63) is 16.0 Å². The van der Waals surface area contributed by atoms with Gasteiger partial charge in [-0.05, 0) is 49.0 Å². The minimum absolute atomic E-state index is 0.0538. The molecule has 3 rings (SSSR count). The van der Waals surface area contributed by atoms with Crippen LogP contribution >= 0.6 is 11.3 Å². The van der Waals surface area contributed by atoms with Gasteiger partial charge in [-0.3, -0.25) is 10.6 Å². The lowest BCUT2D eigenvalue weighted by Crippen LogP contribution is -2.40. The molecule has 0 saturated heterocycles. The SMILES string of the molecule is CN(N)CC1CCCCC1C(=O)Nc1sc2c(c1C(=O)O)CC(C)(C)CC2. The minimum Gasteiger partial charge on any atom is -0.478 e. The van der Waals surface area contributed by atoms with Crippen LogP contribution in [0.5, 0.6) is 0 Å². The number of anilines is 1. The molecule has 2 aliphatic carbocycles. The third kappa shape index (κ3) is 4.52. The number of hydrazine groups is 1. The van der Waals surface area contributed by atoms with Crippen molar-refractivity contribution in [2.24, 2.45) is 23.1 Å². The predicted octanol–water partition coefficient (Wildman–Crippen LogP) is 3.51. The van der Waals surface area contributed by atoms with Crippen LogP contribution in [0.2, 0.25) is 0 Å². The number of carboxylic acids is 1. The Balaban J connectivity index is 1.83. The highest BCUT2D eigenvalue weighted by Gasteiger charge is 2.35. The van der Waals surface area contributed by atoms with Crippen molar-refractivity contribution < 1.29 is 14.7 Å². The summed E-state index contributed by atoms with van der Waals surface area (Å²) >= 11 is 1.45. The third-order valence-electron chi connectivity index (χ3n) is 5.99. The zero-order valence-corrected chi connectivity index (χ0v) is 17.3. The van der Waals surface area contributed by atoms with Gasteiger partial charge < -0.3 is 10.4 Å². The van der Waals surface area contributed by atoms with E-state index in [9.17, 15) is 14.7 Å². The maximum Gasteiger partial charge on any atom is 0.339 e. The highest BCUT2D eigenvalue weighted by atomic mass is 32.1. The molecule has 0 radical (unpaired) electrons. The molecule has 0 aromatic carbocycles. The van der Waals surface area contributed by atoms with Crippen molar-refractivity contribution >= 4 is 28.2 Å². The van der Waals surface area contributed by atoms with Crippen LogP contribution in [0.1, 0.15) is 66.8 Å². The lowest BCUT2D eigenvalue weighted by atomic mass is 9.76. The van der Waals surface area contributed by atoms with E-state index in [-0.39, 0.29) is 23.2 Å². The van der Waals surface area contributed by atoms with E-state index in [1.165, 1.54) is 11.3 Å². The number of nitrogens with one attached hydrogen (secondary N) is 1. The molecule has 1 saturated carbocycles. The lowest BCUT2D eigenvalue weighted by molar-refractivity contribution is -0.122. The van der Waals surface area contributed by atoms with Gasteiger partial charge >= 0.3 is 5.97 Å². The molecule has 2 atom stereocenters. The van der Waals surface area contributed by atoms with E-state index in [0.29, 0.717) is 17.1 Å². The molecule has 1 amide bonds. The van der Waals surface area contributed by atoms with Gasteiger partial charge in [0.05, 0.1) is 5.56 Å². The van der Waals surface area contributed by atoms with Crippen LogP contribution < -0.4 is 11.2 Å². The normalized spacial score (nSPS) is 24.5. The molecule has 150 valence electrons. The second-order valence-electron chi connectivity index (χ2n) is 8.93. The van der Waals surface area contributed by atoms with E-state index in [4.69, 9.17) is 5.84 Å². The first-order valence-electron chi connectivity index (χ1n) is 9.82. The summed E-state index contributed by atoms with van der Waals surface area (Å²) in [5.74, 6) is 4.93. The van der Waals surface area contributed by atoms with Crippen molar-refractivity contribution in [1.82, 2.24) is 5.01 Å². The number of thiophene rings is 1. The molecule has 2 unspecified atom stereocenters. The first-order chi connectivity index (χ1) is 12.7. The largest absolute Gasteiger partial charge is 0.478 e. The summed E-state index contributed by atoms with van der Waals surface area (Å²) in [6.07, 6.45) is 6.65. The topological polar surface area (TPSA) is 95.7 Å². The van der Waals surface area contributed by atoms with Crippen LogP contribution in [0.25, 0.3) is 0 Å². The number of aryl methyl sites for hydroxylation is 1. The highest BCUT2D eigenvalue weighted by Crippen LogP contribution is 2.44. The predicted molar refractivity (Wildman–Crippen MR) is 108 cm³/mol. The van der Waals surface area contributed by atoms with Crippen LogP contribution in [-0.4, -0.2) is 35.6 Å². The van der Waals surface area contributed by atoms with Crippen molar-refractivity contribution in [3.63, 3.8) is 0 Å². The average Bonchev–Trinajstić information content (AvgIpc) is 2.90. The second-order valence-corrected chi connectivity index (χ2v) is 10.0. The number of carbonyl (C=O) groups excluding carboxylic acids is 1. The zero-order chi connectivity index (χ0) is 19.8. The summed E-state index contributed by atoms with van der Waals surface area (Å²) in [5.41, 5.74) is 1.32. The van der Waals surface area contributed by atoms with E-state index in [2.05, 4.69) is 19.2 Å². The molecule has 1 aromatic heterocycles. The molecule has 1 aromatic rings. The zero-order valence-electron chi connectivity index (χ0n) is 16.5. The molecule has 6 nitrogen and oxygen atoms in total. The van der Waals surface area contributed by atoms with Gasteiger partial charge in [-0.2, -0.15) is 0 Å². The van der Waals surface area contributed by atoms with Crippen molar-refractivity contribution in [2.45, 2.75) is 58.8 Å². The molecule has 7 heteroatoms. The van der Waals surface area contributed by atoms with Gasteiger partial charge in [-0.15, -0.1) is 11.3 Å². The first kappa shape index (κ1) is 20.3. The Morgan fingerprint density at radius 3 is 2.70 bits per heavy atom. The number of fused-ring (bicyclic) bond motifs is 1. The van der Waals surface area contributed by atoms with Crippen LogP contribution in [0.4, 0.5) is 5.00 Å². The Hall–Kier alpha value is -1.44. The quantitative estimate of drug-likeness (QED) is 0.525. The van der Waals surface area contributed by atoms with Crippen LogP contribution in [0.15, 0.2) is 0 Å². The number of carbonyl (C=O) groups is 2. The molecule has 4 N–H and O–H groups in total. The number of aromatic carboxylic acids is 1. The molecular formula is C20H31N3O3S. The molecule has 1 heterocycles. The monoisotopic (exact) mass is 393 g/mol. The summed E-state index contributed by atoms with van der Waals surface area (Å²) in [6.45, 7) is 5.03. The maximum atomic E-state index is 13.0. The van der Waals surface area contributed by atoms with E-state index >= 15 is 0 Å². The van der Waals surface area contributed by atoms with E-state index in [1.807, 2.05) is 7.05 Å². The van der Waals surface area contributed by atoms with Gasteiger partial charge in [0.1, 0.15) is 5.00 Å². The fraction of sp³-hybridized carbons (Fsp3) is 0.700. The molecule has 2 aliphatic rings. The van der Waals surface area contributed by atoms with Crippen LogP contribution in [-0.2, 0) is 17.6 Å². The Morgan fingerprint density at radius 1 is 1.33 bits per heavy atom. The molecule has 0 aliphatic heterocycles. The summed E-state index contributed by atoms with van der Waals surface area (Å²) in [5, 5.41) is 15.0. The molecule has 0 spiro atoms. The molecule has 27 heavy (non-hydrogen) atoms. The number of nitrogens with zero attached hydrogens (tertiary/aromatic N) is 1. The van der Waals surface area contributed by atoms with E-state index in [1.54, 1.807) is 5.01 Å². The molecule has 0 bridgehead atoms. The summed E-state index contributed by atoms with van der Waals surface area (Å²) < 4.78 is 0. The summed E-state index contributed by atoms with van der Waals surface area (Å²) in [4.78, 5) is 26.1. The Labute approximate surface area is 165 Å². The van der Waals surface area contributed by atoms with Crippen LogP contribution in [0.3, 0.4) is 0 Å². The lowest BCUT2D eigenvalue weighted by Gasteiger charge is -2.32. The second kappa shape index (κ2) is 7.89. The molecular weight excluding hydrogens is 362 g/mol. The maximum absolute atomic E-state index is 13.0. The van der Waals surface area contributed by atoms with E-state index in [0.717, 1.165) is 55.4 Å². The smallest absolute Gasteiger partial charge is 0.339 e. The number of hydrogen-bond acceptors (Lipinski definition) is 5. The fourth-order valence-electron chi connectivity index (χ4n) is 4.58. The standard InChI is InChI=1S/C20H31N3O3S/c1-20(2)9-8-15-14(10-20)16(19(25)26)18(27-15)22-17(24)13-7-5-4-6-12(13)11-23(3)21/h12-13H,4-11,21H2,1-3H3,(H,22,24)(H,25,26). The third-order valence-corrected chi connectivity index (χ3v) is 7.20. The van der Waals surface area contributed by atoms with E-state index < -0.39 is 5.97 Å². The van der Waals surface area contributed by atoms with Gasteiger partial charge in [0, 0.05) is 24.4 Å². The number of nitrogens with two attached hydrogens (primary N) is 1. The van der Waals surface area contributed by atoms with Crippen molar-refractivity contribution in [2.75, 3.05) is 18.9 Å². The highest BCUT2D eigenvalue weighted by molar-refractivity contribution is 7.17. The van der Waals surface area contributed by atoms with Gasteiger partial charge in [-0.25, -0.2) is 9.80 Å². The van der Waals surface area contributed by atoms with Gasteiger partial charge in [0.15, 0.2) is 0 Å². The summed E-state index contributed by atoms with van der Waals surface area (Å²) in [7, 11) is 1.82. The number of hydrogen-bond donors (Lipinski definition) is 3. The minimum atomic E-state index is -0.942. The number of carboxylic acid groups (broad SMARTS) is 1. The Morgan fingerprint density at radius 2 is 2.04 bits per heavy atom. The summed E-state index contributed by atoms with van der Waals surface area (Å²) in [6, 6.07) is 0. The Kier molecular flexibility index (Phi) is 5.93. The average molecular weight is 394 g/mol. The Bertz CT molecular complexity index is 726. The van der Waals surface area contributed by atoms with Crippen LogP contribution in [0, 0.1) is 17.3 Å². The van der Waals surface area contributed by atoms with Gasteiger partial charge in [0.2, 0.25) is 5.91 Å². The number of rotatable bonds is 5. The first-order valence-corrected chi connectivity index (χ1v) is 10.6. The van der Waals surface area contributed by atoms with Crippen molar-refractivity contribution in [3.8, 4) is 0 Å². The van der Waals surface area contributed by atoms with Crippen molar-refractivity contribution in [1.29, 1.82) is 0 Å².